The molecule has 0 aliphatic heterocycles. The molecule has 0 saturated carbocycles. The van der Waals surface area contributed by atoms with E-state index in [1.807, 2.05) is 48.5 Å². The van der Waals surface area contributed by atoms with Gasteiger partial charge in [0.25, 0.3) is 0 Å². The Balaban J connectivity index is 1.55. The van der Waals surface area contributed by atoms with Crippen molar-refractivity contribution in [1.82, 2.24) is 19.4 Å². The number of carbonyl (C=O) groups is 1. The lowest BCUT2D eigenvalue weighted by Gasteiger charge is -2.03. The van der Waals surface area contributed by atoms with Gasteiger partial charge in [0.05, 0.1) is 0 Å². The lowest BCUT2D eigenvalue weighted by Crippen LogP contribution is -2.28. The highest BCUT2D eigenvalue weighted by molar-refractivity contribution is 7.99. The summed E-state index contributed by atoms with van der Waals surface area (Å²) in [6.07, 6.45) is 0. The smallest absolute Gasteiger partial charge is 0.324 e. The van der Waals surface area contributed by atoms with E-state index in [2.05, 4.69) is 15.5 Å². The van der Waals surface area contributed by atoms with Gasteiger partial charge in [-0.2, -0.15) is 9.61 Å². The predicted octanol–water partition coefficient (Wildman–Crippen LogP) is 2.68. The van der Waals surface area contributed by atoms with E-state index in [9.17, 15) is 9.59 Å². The summed E-state index contributed by atoms with van der Waals surface area (Å²) in [6.45, 7) is -0.182. The van der Waals surface area contributed by atoms with Crippen LogP contribution in [0.1, 0.15) is 0 Å². The summed E-state index contributed by atoms with van der Waals surface area (Å²) in [5, 5.41) is 11.9. The van der Waals surface area contributed by atoms with Crippen LogP contribution in [0.3, 0.4) is 0 Å². The third kappa shape index (κ3) is 3.90. The zero-order chi connectivity index (χ0) is 18.6. The summed E-state index contributed by atoms with van der Waals surface area (Å²) in [4.78, 5) is 25.7. The minimum Gasteiger partial charge on any atom is -0.324 e. The van der Waals surface area contributed by atoms with Crippen molar-refractivity contribution in [2.45, 2.75) is 16.5 Å². The number of nitrogens with zero attached hydrogens (tertiary/aromatic N) is 4. The summed E-state index contributed by atoms with van der Waals surface area (Å²) in [7, 11) is 0. The standard InChI is InChI=1S/C19H15N5O2S/c25-17(20-14-7-3-1-4-8-14)13-23-19(26)24-16(21-23)11-12-18(22-24)27-15-9-5-2-6-10-15/h1-12H,13H2,(H,20,25). The van der Waals surface area contributed by atoms with Gasteiger partial charge in [-0.05, 0) is 36.4 Å². The molecule has 4 rings (SSSR count). The highest BCUT2D eigenvalue weighted by Gasteiger charge is 2.12. The van der Waals surface area contributed by atoms with E-state index in [1.54, 1.807) is 24.3 Å². The molecule has 134 valence electrons. The number of aromatic nitrogens is 4. The van der Waals surface area contributed by atoms with Crippen LogP contribution in [0.4, 0.5) is 5.69 Å². The Labute approximate surface area is 158 Å². The summed E-state index contributed by atoms with van der Waals surface area (Å²) in [5.41, 5.74) is 0.604. The average molecular weight is 377 g/mol. The molecule has 2 aromatic carbocycles. The minimum atomic E-state index is -0.455. The molecule has 27 heavy (non-hydrogen) atoms. The lowest BCUT2D eigenvalue weighted by atomic mass is 10.3. The number of para-hydroxylation sites is 1. The first-order valence-corrected chi connectivity index (χ1v) is 9.05. The molecule has 0 atom stereocenters. The molecule has 2 aromatic heterocycles. The number of rotatable bonds is 5. The van der Waals surface area contributed by atoms with Crippen LogP contribution in [-0.4, -0.2) is 25.3 Å². The molecule has 0 bridgehead atoms. The van der Waals surface area contributed by atoms with Crippen molar-refractivity contribution in [3.05, 3.63) is 83.3 Å². The second kappa shape index (κ2) is 7.46. The number of anilines is 1. The molecule has 0 saturated heterocycles. The topological polar surface area (TPSA) is 81.3 Å². The molecule has 8 heteroatoms. The molecule has 0 fully saturated rings. The third-order valence-corrected chi connectivity index (χ3v) is 4.67. The van der Waals surface area contributed by atoms with Crippen molar-refractivity contribution < 1.29 is 4.79 Å². The lowest BCUT2D eigenvalue weighted by molar-refractivity contribution is -0.117. The summed E-state index contributed by atoms with van der Waals surface area (Å²) in [5.74, 6) is -0.328. The number of hydrogen-bond donors (Lipinski definition) is 1. The van der Waals surface area contributed by atoms with Crippen molar-refractivity contribution in [1.29, 1.82) is 0 Å². The van der Waals surface area contributed by atoms with Gasteiger partial charge in [0.2, 0.25) is 5.91 Å². The Hall–Kier alpha value is -3.39. The number of amides is 1. The number of hydrogen-bond acceptors (Lipinski definition) is 5. The molecule has 0 aliphatic rings. The first kappa shape index (κ1) is 17.0. The van der Waals surface area contributed by atoms with Gasteiger partial charge in [0.15, 0.2) is 5.65 Å². The van der Waals surface area contributed by atoms with Gasteiger partial charge >= 0.3 is 5.69 Å². The fraction of sp³-hybridized carbons (Fsp3) is 0.0526. The summed E-state index contributed by atoms with van der Waals surface area (Å²) >= 11 is 1.45. The first-order valence-electron chi connectivity index (χ1n) is 8.24. The van der Waals surface area contributed by atoms with Gasteiger partial charge in [-0.15, -0.1) is 5.10 Å². The molecule has 1 amide bonds. The normalized spacial score (nSPS) is 10.8. The van der Waals surface area contributed by atoms with Crippen LogP contribution < -0.4 is 11.0 Å². The van der Waals surface area contributed by atoms with E-state index in [0.29, 0.717) is 16.4 Å². The number of benzene rings is 2. The summed E-state index contributed by atoms with van der Waals surface area (Å²) < 4.78 is 2.32. The Morgan fingerprint density at radius 2 is 1.63 bits per heavy atom. The minimum absolute atomic E-state index is 0.182. The Bertz CT molecular complexity index is 1140. The molecular formula is C19H15N5O2S. The zero-order valence-electron chi connectivity index (χ0n) is 14.1. The number of nitrogens with one attached hydrogen (secondary N) is 1. The zero-order valence-corrected chi connectivity index (χ0v) is 15.0. The van der Waals surface area contributed by atoms with Crippen molar-refractivity contribution in [2.24, 2.45) is 0 Å². The molecule has 1 N–H and O–H groups in total. The molecule has 7 nitrogen and oxygen atoms in total. The van der Waals surface area contributed by atoms with Gasteiger partial charge in [-0.1, -0.05) is 48.2 Å². The van der Waals surface area contributed by atoms with Crippen molar-refractivity contribution in [3.8, 4) is 0 Å². The molecular weight excluding hydrogens is 362 g/mol. The van der Waals surface area contributed by atoms with E-state index in [0.717, 1.165) is 9.58 Å². The van der Waals surface area contributed by atoms with E-state index in [1.165, 1.54) is 16.3 Å². The Morgan fingerprint density at radius 3 is 2.37 bits per heavy atom. The van der Waals surface area contributed by atoms with Crippen molar-refractivity contribution >= 4 is 29.0 Å². The van der Waals surface area contributed by atoms with Gasteiger partial charge in [-0.3, -0.25) is 4.79 Å². The molecule has 0 unspecified atom stereocenters. The quantitative estimate of drug-likeness (QED) is 0.578. The monoisotopic (exact) mass is 377 g/mol. The van der Waals surface area contributed by atoms with Crippen molar-refractivity contribution in [3.63, 3.8) is 0 Å². The highest BCUT2D eigenvalue weighted by atomic mass is 32.2. The number of carbonyl (C=O) groups excluding carboxylic acids is 1. The maximum Gasteiger partial charge on any atom is 0.367 e. The average Bonchev–Trinajstić information content (AvgIpc) is 2.99. The maximum absolute atomic E-state index is 12.5. The van der Waals surface area contributed by atoms with Crippen LogP contribution in [-0.2, 0) is 11.3 Å². The maximum atomic E-state index is 12.5. The van der Waals surface area contributed by atoms with Crippen molar-refractivity contribution in [2.75, 3.05) is 5.32 Å². The van der Waals surface area contributed by atoms with Gasteiger partial charge in [0, 0.05) is 10.6 Å². The summed E-state index contributed by atoms with van der Waals surface area (Å²) in [6, 6.07) is 22.3. The van der Waals surface area contributed by atoms with E-state index in [-0.39, 0.29) is 12.5 Å². The first-order chi connectivity index (χ1) is 13.2. The third-order valence-electron chi connectivity index (χ3n) is 3.73. The molecule has 2 heterocycles. The van der Waals surface area contributed by atoms with E-state index in [4.69, 9.17) is 0 Å². The van der Waals surface area contributed by atoms with Crippen LogP contribution in [0.5, 0.6) is 0 Å². The Morgan fingerprint density at radius 1 is 0.926 bits per heavy atom. The Kier molecular flexibility index (Phi) is 4.71. The SMILES string of the molecule is O=C(Cn1nc2ccc(Sc3ccccc3)nn2c1=O)Nc1ccccc1. The van der Waals surface area contributed by atoms with Gasteiger partial charge in [0.1, 0.15) is 11.6 Å². The van der Waals surface area contributed by atoms with Crippen LogP contribution >= 0.6 is 11.8 Å². The molecule has 0 spiro atoms. The van der Waals surface area contributed by atoms with E-state index < -0.39 is 5.69 Å². The molecule has 0 aliphatic carbocycles. The molecule has 0 radical (unpaired) electrons. The second-order valence-corrected chi connectivity index (χ2v) is 6.80. The van der Waals surface area contributed by atoms with Crippen LogP contribution in [0.15, 0.2) is 87.5 Å². The second-order valence-electron chi connectivity index (χ2n) is 5.71. The fourth-order valence-electron chi connectivity index (χ4n) is 2.52. The molecule has 4 aromatic rings. The predicted molar refractivity (Wildman–Crippen MR) is 103 cm³/mol. The number of fused-ring (bicyclic) bond motifs is 1. The van der Waals surface area contributed by atoms with Gasteiger partial charge in [-0.25, -0.2) is 9.48 Å². The highest BCUT2D eigenvalue weighted by Crippen LogP contribution is 2.24. The van der Waals surface area contributed by atoms with Gasteiger partial charge < -0.3 is 5.32 Å². The van der Waals surface area contributed by atoms with Crippen LogP contribution in [0.2, 0.25) is 0 Å². The largest absolute Gasteiger partial charge is 0.367 e. The fourth-order valence-corrected chi connectivity index (χ4v) is 3.31. The van der Waals surface area contributed by atoms with Crippen LogP contribution in [0, 0.1) is 0 Å². The van der Waals surface area contributed by atoms with E-state index >= 15 is 0 Å². The van der Waals surface area contributed by atoms with Crippen LogP contribution in [0.25, 0.3) is 5.65 Å².